The molecule has 0 radical (unpaired) electrons. The van der Waals surface area contributed by atoms with Gasteiger partial charge >= 0.3 is 6.09 Å². The SMILES string of the molecule is CC(C)(C)OC(=O)NCCOCCOCCOCCOCC#Cc1ccc([C@H]2CN(C3CCC(=O)NC3=O)C(O)O2)cc1. The summed E-state index contributed by atoms with van der Waals surface area (Å²) in [6.07, 6.45) is -1.49. The minimum atomic E-state index is -1.21. The van der Waals surface area contributed by atoms with Gasteiger partial charge in [-0.15, -0.1) is 0 Å². The number of imide groups is 1. The molecule has 0 spiro atoms. The third kappa shape index (κ3) is 13.0. The smallest absolute Gasteiger partial charge is 0.407 e. The van der Waals surface area contributed by atoms with Crippen molar-refractivity contribution in [2.24, 2.45) is 0 Å². The molecule has 0 saturated carbocycles. The van der Waals surface area contributed by atoms with Crippen molar-refractivity contribution in [1.29, 1.82) is 0 Å². The van der Waals surface area contributed by atoms with Gasteiger partial charge in [0.2, 0.25) is 18.2 Å². The predicted octanol–water partition coefficient (Wildman–Crippen LogP) is 1.08. The number of aliphatic hydroxyl groups excluding tert-OH is 1. The van der Waals surface area contributed by atoms with Crippen LogP contribution >= 0.6 is 0 Å². The molecule has 3 amide bonds. The summed E-state index contributed by atoms with van der Waals surface area (Å²) in [4.78, 5) is 36.6. The molecule has 2 heterocycles. The van der Waals surface area contributed by atoms with Gasteiger partial charge in [0.1, 0.15) is 12.2 Å². The number of aliphatic hydroxyl groups is 1. The summed E-state index contributed by atoms with van der Waals surface area (Å²) in [7, 11) is 0. The molecule has 2 aliphatic rings. The standard InChI is InChI=1S/C30H43N3O10/c1-30(2,3)43-28(36)31-12-14-39-16-18-41-20-19-40-17-15-38-13-4-5-22-6-8-23(9-7-22)25-21-33(29(37)42-25)24-10-11-26(34)32-27(24)35/h6-9,24-25,29,37H,10-21H2,1-3H3,(H,31,36)(H,32,34,35)/t24?,25-,29?/m1/s1. The average molecular weight is 606 g/mol. The highest BCUT2D eigenvalue weighted by atomic mass is 16.6. The van der Waals surface area contributed by atoms with E-state index in [2.05, 4.69) is 22.5 Å². The van der Waals surface area contributed by atoms with Gasteiger partial charge in [0, 0.05) is 25.1 Å². The first kappa shape index (κ1) is 34.4. The monoisotopic (exact) mass is 605 g/mol. The van der Waals surface area contributed by atoms with Gasteiger partial charge in [0.05, 0.1) is 58.4 Å². The molecule has 13 nitrogen and oxygen atoms in total. The normalized spacial score (nSPS) is 20.8. The fraction of sp³-hybridized carbons (Fsp3) is 0.633. The predicted molar refractivity (Wildman–Crippen MR) is 154 cm³/mol. The van der Waals surface area contributed by atoms with Crippen molar-refractivity contribution in [2.45, 2.75) is 57.8 Å². The number of benzene rings is 1. The Labute approximate surface area is 252 Å². The lowest BCUT2D eigenvalue weighted by Crippen LogP contribution is -2.54. The van der Waals surface area contributed by atoms with Crippen LogP contribution in [-0.2, 0) is 38.0 Å². The molecule has 2 unspecified atom stereocenters. The number of nitrogens with one attached hydrogen (secondary N) is 2. The van der Waals surface area contributed by atoms with E-state index in [-0.39, 0.29) is 18.9 Å². The number of hydrogen-bond acceptors (Lipinski definition) is 11. The molecule has 0 aromatic heterocycles. The van der Waals surface area contributed by atoms with E-state index in [4.69, 9.17) is 28.4 Å². The van der Waals surface area contributed by atoms with Crippen molar-refractivity contribution >= 4 is 17.9 Å². The Balaban J connectivity index is 1.17. The Morgan fingerprint density at radius 2 is 1.65 bits per heavy atom. The van der Waals surface area contributed by atoms with Crippen molar-refractivity contribution in [3.63, 3.8) is 0 Å². The van der Waals surface area contributed by atoms with Crippen LogP contribution in [0.4, 0.5) is 4.79 Å². The summed E-state index contributed by atoms with van der Waals surface area (Å²) < 4.78 is 32.6. The number of ether oxygens (including phenoxy) is 6. The zero-order valence-electron chi connectivity index (χ0n) is 25.1. The maximum absolute atomic E-state index is 12.2. The fourth-order valence-electron chi connectivity index (χ4n) is 4.26. The molecule has 1 aromatic rings. The van der Waals surface area contributed by atoms with Crippen LogP contribution in [0.1, 0.15) is 50.8 Å². The molecule has 0 aliphatic carbocycles. The van der Waals surface area contributed by atoms with Gasteiger partial charge in [0.15, 0.2) is 0 Å². The van der Waals surface area contributed by atoms with E-state index in [0.29, 0.717) is 65.8 Å². The fourth-order valence-corrected chi connectivity index (χ4v) is 4.26. The Kier molecular flexibility index (Phi) is 14.3. The Bertz CT molecular complexity index is 1100. The second kappa shape index (κ2) is 17.9. The first-order valence-corrected chi connectivity index (χ1v) is 14.4. The van der Waals surface area contributed by atoms with Crippen molar-refractivity contribution in [2.75, 3.05) is 65.9 Å². The number of rotatable bonds is 15. The van der Waals surface area contributed by atoms with E-state index in [1.54, 1.807) is 25.7 Å². The molecule has 3 N–H and O–H groups in total. The molecule has 13 heteroatoms. The number of alkyl carbamates (subject to hydrolysis) is 1. The first-order chi connectivity index (χ1) is 20.6. The summed E-state index contributed by atoms with van der Waals surface area (Å²) in [5.74, 6) is 5.30. The average Bonchev–Trinajstić information content (AvgIpc) is 3.33. The summed E-state index contributed by atoms with van der Waals surface area (Å²) in [6.45, 7) is 9.32. The Morgan fingerprint density at radius 1 is 1.02 bits per heavy atom. The van der Waals surface area contributed by atoms with Crippen LogP contribution in [0.15, 0.2) is 24.3 Å². The molecule has 2 fully saturated rings. The van der Waals surface area contributed by atoms with Crippen LogP contribution < -0.4 is 10.6 Å². The molecule has 43 heavy (non-hydrogen) atoms. The quantitative estimate of drug-likeness (QED) is 0.150. The van der Waals surface area contributed by atoms with E-state index in [1.807, 2.05) is 24.3 Å². The van der Waals surface area contributed by atoms with Crippen molar-refractivity contribution < 1.29 is 47.9 Å². The molecule has 2 saturated heterocycles. The number of carbonyl (C=O) groups excluding carboxylic acids is 3. The van der Waals surface area contributed by atoms with Gasteiger partial charge in [-0.1, -0.05) is 24.0 Å². The van der Waals surface area contributed by atoms with Crippen LogP contribution in [0.2, 0.25) is 0 Å². The van der Waals surface area contributed by atoms with Crippen LogP contribution in [0.5, 0.6) is 0 Å². The molecule has 238 valence electrons. The number of carbonyl (C=O) groups is 3. The lowest BCUT2D eigenvalue weighted by atomic mass is 10.0. The molecule has 3 atom stereocenters. The van der Waals surface area contributed by atoms with Crippen LogP contribution in [0.25, 0.3) is 0 Å². The Morgan fingerprint density at radius 3 is 2.28 bits per heavy atom. The van der Waals surface area contributed by atoms with E-state index >= 15 is 0 Å². The lowest BCUT2D eigenvalue weighted by Gasteiger charge is -2.30. The zero-order chi connectivity index (χ0) is 31.1. The van der Waals surface area contributed by atoms with Gasteiger partial charge < -0.3 is 38.8 Å². The molecule has 3 rings (SSSR count). The van der Waals surface area contributed by atoms with Crippen molar-refractivity contribution in [1.82, 2.24) is 15.5 Å². The second-order valence-corrected chi connectivity index (χ2v) is 10.9. The molecule has 2 aliphatic heterocycles. The molecule has 0 bridgehead atoms. The van der Waals surface area contributed by atoms with Gasteiger partial charge in [-0.05, 0) is 44.9 Å². The molecule has 1 aromatic carbocycles. The van der Waals surface area contributed by atoms with E-state index in [1.165, 1.54) is 0 Å². The van der Waals surface area contributed by atoms with Crippen LogP contribution in [-0.4, -0.2) is 112 Å². The highest BCUT2D eigenvalue weighted by Gasteiger charge is 2.41. The van der Waals surface area contributed by atoms with Gasteiger partial charge in [-0.3, -0.25) is 14.9 Å². The van der Waals surface area contributed by atoms with Crippen molar-refractivity contribution in [3.05, 3.63) is 35.4 Å². The number of nitrogens with zero attached hydrogens (tertiary/aromatic N) is 1. The minimum absolute atomic E-state index is 0.237. The minimum Gasteiger partial charge on any atom is -0.444 e. The summed E-state index contributed by atoms with van der Waals surface area (Å²) in [6, 6.07) is 6.88. The van der Waals surface area contributed by atoms with E-state index in [0.717, 1.165) is 11.1 Å². The van der Waals surface area contributed by atoms with Gasteiger partial charge in [-0.2, -0.15) is 0 Å². The largest absolute Gasteiger partial charge is 0.444 e. The Hall–Kier alpha value is -3.09. The van der Waals surface area contributed by atoms with Crippen molar-refractivity contribution in [3.8, 4) is 11.8 Å². The molecular formula is C30H43N3O10. The van der Waals surface area contributed by atoms with Crippen LogP contribution in [0.3, 0.4) is 0 Å². The third-order valence-electron chi connectivity index (χ3n) is 6.28. The van der Waals surface area contributed by atoms with Gasteiger partial charge in [-0.25, -0.2) is 9.69 Å². The highest BCUT2D eigenvalue weighted by molar-refractivity contribution is 6.00. The lowest BCUT2D eigenvalue weighted by molar-refractivity contribution is -0.170. The van der Waals surface area contributed by atoms with Gasteiger partial charge in [0.25, 0.3) is 0 Å². The topological polar surface area (TPSA) is 154 Å². The summed E-state index contributed by atoms with van der Waals surface area (Å²) in [5.41, 5.74) is 1.14. The number of amides is 3. The van der Waals surface area contributed by atoms with E-state index in [9.17, 15) is 19.5 Å². The summed E-state index contributed by atoms with van der Waals surface area (Å²) in [5, 5.41) is 15.2. The molecular weight excluding hydrogens is 562 g/mol. The number of piperidine rings is 1. The maximum atomic E-state index is 12.2. The second-order valence-electron chi connectivity index (χ2n) is 10.9. The van der Waals surface area contributed by atoms with E-state index < -0.39 is 36.2 Å². The highest BCUT2D eigenvalue weighted by Crippen LogP contribution is 2.31. The third-order valence-corrected chi connectivity index (χ3v) is 6.28. The summed E-state index contributed by atoms with van der Waals surface area (Å²) >= 11 is 0. The first-order valence-electron chi connectivity index (χ1n) is 14.4. The number of hydrogen-bond donors (Lipinski definition) is 3. The maximum Gasteiger partial charge on any atom is 0.407 e. The zero-order valence-corrected chi connectivity index (χ0v) is 25.1. The van der Waals surface area contributed by atoms with Crippen LogP contribution in [0, 0.1) is 11.8 Å².